The van der Waals surface area contributed by atoms with Crippen LogP contribution in [0.15, 0.2) is 110 Å². The molecule has 0 fully saturated rings. The molecule has 0 aliphatic heterocycles. The highest BCUT2D eigenvalue weighted by molar-refractivity contribution is 6.32. The van der Waals surface area contributed by atoms with Gasteiger partial charge in [0, 0.05) is 27.0 Å². The standard InChI is InChI=1S/C31H26ClN/c1-3-4-7-12-22(2)24-19-27(23-13-8-5-9-14-23)31-29(20-24)28-21-25(32)17-18-30(28)33(31)26-15-10-6-11-16-26/h3-8,10-13,15-21H,2,9,14H2,1H3/b4-3-,12-7-. The lowest BCUT2D eigenvalue weighted by Gasteiger charge is -2.16. The van der Waals surface area contributed by atoms with E-state index in [1.165, 1.54) is 22.0 Å². The first kappa shape index (κ1) is 21.3. The van der Waals surface area contributed by atoms with Crippen LogP contribution in [-0.2, 0) is 0 Å². The summed E-state index contributed by atoms with van der Waals surface area (Å²) in [6.07, 6.45) is 16.9. The van der Waals surface area contributed by atoms with Gasteiger partial charge < -0.3 is 4.57 Å². The number of benzene rings is 3. The van der Waals surface area contributed by atoms with E-state index in [0.717, 1.165) is 45.6 Å². The fraction of sp³-hybridized carbons (Fsp3) is 0.0968. The summed E-state index contributed by atoms with van der Waals surface area (Å²) in [5.41, 5.74) is 8.23. The minimum atomic E-state index is 0.744. The van der Waals surface area contributed by atoms with E-state index < -0.39 is 0 Å². The van der Waals surface area contributed by atoms with Gasteiger partial charge in [-0.2, -0.15) is 0 Å². The second-order valence-electron chi connectivity index (χ2n) is 8.32. The first-order valence-electron chi connectivity index (χ1n) is 11.3. The molecule has 0 saturated heterocycles. The van der Waals surface area contributed by atoms with E-state index in [9.17, 15) is 0 Å². The van der Waals surface area contributed by atoms with Crippen molar-refractivity contribution in [1.29, 1.82) is 0 Å². The fourth-order valence-corrected chi connectivity index (χ4v) is 4.77. The molecule has 3 aromatic carbocycles. The molecule has 0 radical (unpaired) electrons. The van der Waals surface area contributed by atoms with Crippen LogP contribution >= 0.6 is 11.6 Å². The van der Waals surface area contributed by atoms with Crippen LogP contribution in [0.2, 0.25) is 5.02 Å². The van der Waals surface area contributed by atoms with E-state index in [1.807, 2.05) is 31.2 Å². The Morgan fingerprint density at radius 1 is 1.00 bits per heavy atom. The summed E-state index contributed by atoms with van der Waals surface area (Å²) in [5.74, 6) is 0. The van der Waals surface area contributed by atoms with Gasteiger partial charge in [-0.15, -0.1) is 0 Å². The van der Waals surface area contributed by atoms with Crippen LogP contribution in [0.1, 0.15) is 30.9 Å². The first-order chi connectivity index (χ1) is 16.2. The minimum absolute atomic E-state index is 0.744. The Morgan fingerprint density at radius 3 is 2.61 bits per heavy atom. The summed E-state index contributed by atoms with van der Waals surface area (Å²) < 4.78 is 2.37. The van der Waals surface area contributed by atoms with Crippen LogP contribution in [0.5, 0.6) is 0 Å². The van der Waals surface area contributed by atoms with Crippen LogP contribution in [0.3, 0.4) is 0 Å². The van der Waals surface area contributed by atoms with Gasteiger partial charge in [0.1, 0.15) is 0 Å². The third-order valence-corrected chi connectivity index (χ3v) is 6.40. The lowest BCUT2D eigenvalue weighted by Crippen LogP contribution is -1.99. The maximum absolute atomic E-state index is 6.48. The molecule has 162 valence electrons. The van der Waals surface area contributed by atoms with Crippen molar-refractivity contribution in [2.24, 2.45) is 0 Å². The van der Waals surface area contributed by atoms with Crippen molar-refractivity contribution in [2.45, 2.75) is 19.8 Å². The molecule has 0 amide bonds. The average molecular weight is 448 g/mol. The molecule has 0 atom stereocenters. The number of hydrogen-bond acceptors (Lipinski definition) is 0. The largest absolute Gasteiger partial charge is 0.309 e. The number of rotatable bonds is 5. The average Bonchev–Trinajstić information content (AvgIpc) is 3.18. The number of allylic oxidation sites excluding steroid dienone is 9. The normalized spacial score (nSPS) is 14.1. The molecule has 0 saturated carbocycles. The summed E-state index contributed by atoms with van der Waals surface area (Å²) >= 11 is 6.48. The van der Waals surface area contributed by atoms with Gasteiger partial charge in [-0.3, -0.25) is 0 Å². The number of fused-ring (bicyclic) bond motifs is 3. The monoisotopic (exact) mass is 447 g/mol. The van der Waals surface area contributed by atoms with Gasteiger partial charge in [0.05, 0.1) is 11.0 Å². The molecule has 0 N–H and O–H groups in total. The van der Waals surface area contributed by atoms with Crippen LogP contribution < -0.4 is 0 Å². The molecule has 0 unspecified atom stereocenters. The highest BCUT2D eigenvalue weighted by Crippen LogP contribution is 2.40. The predicted molar refractivity (Wildman–Crippen MR) is 145 cm³/mol. The highest BCUT2D eigenvalue weighted by atomic mass is 35.5. The van der Waals surface area contributed by atoms with Crippen molar-refractivity contribution < 1.29 is 0 Å². The van der Waals surface area contributed by atoms with Crippen LogP contribution in [0, 0.1) is 0 Å². The molecular weight excluding hydrogens is 422 g/mol. The van der Waals surface area contributed by atoms with Crippen molar-refractivity contribution in [2.75, 3.05) is 0 Å². The molecule has 1 heterocycles. The van der Waals surface area contributed by atoms with Gasteiger partial charge in [0.15, 0.2) is 0 Å². The SMILES string of the molecule is C=C(/C=C\C=C/C)c1cc(C2=CC=CCC2)c2c(c1)c1cc(Cl)ccc1n2-c1ccccc1. The van der Waals surface area contributed by atoms with Crippen molar-refractivity contribution in [1.82, 2.24) is 4.57 Å². The molecule has 1 aliphatic carbocycles. The smallest absolute Gasteiger partial charge is 0.0616 e. The maximum atomic E-state index is 6.48. The van der Waals surface area contributed by atoms with Crippen LogP contribution in [0.4, 0.5) is 0 Å². The van der Waals surface area contributed by atoms with Crippen molar-refractivity contribution in [3.05, 3.63) is 126 Å². The molecule has 4 aromatic rings. The predicted octanol–water partition coefficient (Wildman–Crippen LogP) is 9.32. The van der Waals surface area contributed by atoms with E-state index >= 15 is 0 Å². The summed E-state index contributed by atoms with van der Waals surface area (Å²) in [7, 11) is 0. The lowest BCUT2D eigenvalue weighted by molar-refractivity contribution is 1.05. The molecule has 1 nitrogen and oxygen atoms in total. The summed E-state index contributed by atoms with van der Waals surface area (Å²) in [5, 5.41) is 3.09. The zero-order chi connectivity index (χ0) is 22.8. The van der Waals surface area contributed by atoms with Gasteiger partial charge in [0.25, 0.3) is 0 Å². The fourth-order valence-electron chi connectivity index (χ4n) is 4.60. The minimum Gasteiger partial charge on any atom is -0.309 e. The zero-order valence-corrected chi connectivity index (χ0v) is 19.5. The van der Waals surface area contributed by atoms with Crippen LogP contribution in [0.25, 0.3) is 38.6 Å². The molecule has 2 heteroatoms. The summed E-state index contributed by atoms with van der Waals surface area (Å²) in [4.78, 5) is 0. The lowest BCUT2D eigenvalue weighted by atomic mass is 9.91. The van der Waals surface area contributed by atoms with Crippen molar-refractivity contribution in [3.8, 4) is 5.69 Å². The number of nitrogens with zero attached hydrogens (tertiary/aromatic N) is 1. The zero-order valence-electron chi connectivity index (χ0n) is 18.8. The Kier molecular flexibility index (Phi) is 5.90. The van der Waals surface area contributed by atoms with E-state index in [1.54, 1.807) is 0 Å². The Morgan fingerprint density at radius 2 is 1.85 bits per heavy atom. The number of aromatic nitrogens is 1. The highest BCUT2D eigenvalue weighted by Gasteiger charge is 2.19. The number of para-hydroxylation sites is 1. The summed E-state index contributed by atoms with van der Waals surface area (Å²) in [6.45, 7) is 6.38. The number of hydrogen-bond donors (Lipinski definition) is 0. The van der Waals surface area contributed by atoms with Gasteiger partial charge >= 0.3 is 0 Å². The Hall–Kier alpha value is -3.55. The Bertz CT molecular complexity index is 1480. The van der Waals surface area contributed by atoms with Gasteiger partial charge in [-0.1, -0.05) is 78.9 Å². The molecule has 0 bridgehead atoms. The van der Waals surface area contributed by atoms with E-state index in [-0.39, 0.29) is 0 Å². The molecule has 5 rings (SSSR count). The Balaban J connectivity index is 1.90. The second-order valence-corrected chi connectivity index (χ2v) is 8.76. The molecule has 0 spiro atoms. The molecule has 1 aromatic heterocycles. The molecule has 33 heavy (non-hydrogen) atoms. The second kappa shape index (κ2) is 9.13. The van der Waals surface area contributed by atoms with Crippen molar-refractivity contribution >= 4 is 44.6 Å². The third-order valence-electron chi connectivity index (χ3n) is 6.17. The topological polar surface area (TPSA) is 4.93 Å². The van der Waals surface area contributed by atoms with Crippen molar-refractivity contribution in [3.63, 3.8) is 0 Å². The molecule has 1 aliphatic rings. The van der Waals surface area contributed by atoms with Gasteiger partial charge in [0.2, 0.25) is 0 Å². The van der Waals surface area contributed by atoms with Crippen LogP contribution in [-0.4, -0.2) is 4.57 Å². The quantitative estimate of drug-likeness (QED) is 0.268. The van der Waals surface area contributed by atoms with Gasteiger partial charge in [-0.05, 0) is 78.9 Å². The maximum Gasteiger partial charge on any atom is 0.0616 e. The first-order valence-corrected chi connectivity index (χ1v) is 11.7. The number of halogens is 1. The Labute approximate surface area is 200 Å². The van der Waals surface area contributed by atoms with E-state index in [2.05, 4.69) is 90.0 Å². The van der Waals surface area contributed by atoms with E-state index in [4.69, 9.17) is 11.6 Å². The van der Waals surface area contributed by atoms with E-state index in [0.29, 0.717) is 0 Å². The third kappa shape index (κ3) is 4.01. The van der Waals surface area contributed by atoms with Gasteiger partial charge in [-0.25, -0.2) is 0 Å². The summed E-state index contributed by atoms with van der Waals surface area (Å²) in [6, 6.07) is 21.3. The molecular formula is C31H26ClN.